The molecule has 1 N–H and O–H groups in total. The lowest BCUT2D eigenvalue weighted by Crippen LogP contribution is -2.28. The fraction of sp³-hybridized carbons (Fsp3) is 0.143. The number of fused-ring (bicyclic) bond motifs is 2. The summed E-state index contributed by atoms with van der Waals surface area (Å²) in [7, 11) is 0. The van der Waals surface area contributed by atoms with Gasteiger partial charge in [-0.3, -0.25) is 0 Å². The van der Waals surface area contributed by atoms with Gasteiger partial charge in [-0.25, -0.2) is 9.50 Å². The van der Waals surface area contributed by atoms with E-state index in [1.807, 2.05) is 24.4 Å². The fourth-order valence-electron chi connectivity index (χ4n) is 3.75. The number of nitrogens with zero attached hydrogens (tertiary/aromatic N) is 3. The number of hydrogen-bond acceptors (Lipinski definition) is 3. The zero-order chi connectivity index (χ0) is 18.4. The molecule has 1 atom stereocenters. The molecule has 0 radical (unpaired) electrons. The molecule has 1 aliphatic heterocycles. The van der Waals surface area contributed by atoms with Crippen molar-refractivity contribution in [2.75, 3.05) is 6.54 Å². The van der Waals surface area contributed by atoms with Gasteiger partial charge in [-0.1, -0.05) is 41.4 Å². The Morgan fingerprint density at radius 1 is 0.963 bits per heavy atom. The summed E-state index contributed by atoms with van der Waals surface area (Å²) in [5, 5.41) is 8.94. The highest BCUT2D eigenvalue weighted by molar-refractivity contribution is 6.42. The van der Waals surface area contributed by atoms with Crippen molar-refractivity contribution in [2.45, 2.75) is 12.5 Å². The van der Waals surface area contributed by atoms with Crippen LogP contribution in [0.1, 0.15) is 22.6 Å². The molecule has 134 valence electrons. The summed E-state index contributed by atoms with van der Waals surface area (Å²) in [5.41, 5.74) is 6.94. The third-order valence-electron chi connectivity index (χ3n) is 5.14. The number of rotatable bonds is 2. The SMILES string of the molecule is Clc1ccc([C@H]2CNCc3cc(-c4ccc5ncnn5c4)ccc32)cc1Cl. The molecule has 0 bridgehead atoms. The van der Waals surface area contributed by atoms with Crippen molar-refractivity contribution < 1.29 is 0 Å². The van der Waals surface area contributed by atoms with Gasteiger partial charge in [0.1, 0.15) is 6.33 Å². The van der Waals surface area contributed by atoms with E-state index in [-0.39, 0.29) is 5.92 Å². The molecule has 4 nitrogen and oxygen atoms in total. The minimum atomic E-state index is 0.260. The number of halogens is 2. The molecule has 27 heavy (non-hydrogen) atoms. The summed E-state index contributed by atoms with van der Waals surface area (Å²) >= 11 is 12.3. The van der Waals surface area contributed by atoms with Crippen molar-refractivity contribution in [3.8, 4) is 11.1 Å². The molecule has 0 unspecified atom stereocenters. The lowest BCUT2D eigenvalue weighted by molar-refractivity contribution is 0.591. The molecule has 2 aromatic carbocycles. The first kappa shape index (κ1) is 16.8. The Morgan fingerprint density at radius 3 is 2.74 bits per heavy atom. The van der Waals surface area contributed by atoms with E-state index in [0.717, 1.165) is 24.3 Å². The second-order valence-corrected chi connectivity index (χ2v) is 7.57. The molecule has 0 aliphatic carbocycles. The average Bonchev–Trinajstić information content (AvgIpc) is 3.17. The van der Waals surface area contributed by atoms with Crippen molar-refractivity contribution >= 4 is 28.8 Å². The summed E-state index contributed by atoms with van der Waals surface area (Å²) in [6, 6.07) is 16.6. The van der Waals surface area contributed by atoms with Gasteiger partial charge >= 0.3 is 0 Å². The smallest absolute Gasteiger partial charge is 0.155 e. The van der Waals surface area contributed by atoms with Gasteiger partial charge in [0.25, 0.3) is 0 Å². The van der Waals surface area contributed by atoms with Crippen LogP contribution in [0.4, 0.5) is 0 Å². The van der Waals surface area contributed by atoms with Crippen LogP contribution in [0.2, 0.25) is 10.0 Å². The van der Waals surface area contributed by atoms with Gasteiger partial charge in [0, 0.05) is 30.8 Å². The highest BCUT2D eigenvalue weighted by Crippen LogP contribution is 2.35. The Hall–Kier alpha value is -2.40. The van der Waals surface area contributed by atoms with Crippen LogP contribution in [-0.4, -0.2) is 21.1 Å². The Kier molecular flexibility index (Phi) is 4.12. The Bertz CT molecular complexity index is 1150. The molecule has 0 saturated heterocycles. The molecule has 6 heteroatoms. The first-order valence-electron chi connectivity index (χ1n) is 8.77. The van der Waals surface area contributed by atoms with E-state index >= 15 is 0 Å². The van der Waals surface area contributed by atoms with Gasteiger partial charge in [0.2, 0.25) is 0 Å². The molecule has 0 spiro atoms. The second kappa shape index (κ2) is 6.64. The normalized spacial score (nSPS) is 16.4. The third kappa shape index (κ3) is 3.00. The molecule has 3 heterocycles. The monoisotopic (exact) mass is 394 g/mol. The van der Waals surface area contributed by atoms with Crippen molar-refractivity contribution in [1.29, 1.82) is 0 Å². The summed E-state index contributed by atoms with van der Waals surface area (Å²) in [6.45, 7) is 1.74. The third-order valence-corrected chi connectivity index (χ3v) is 5.87. The lowest BCUT2D eigenvalue weighted by atomic mass is 9.84. The maximum atomic E-state index is 6.24. The van der Waals surface area contributed by atoms with E-state index in [9.17, 15) is 0 Å². The van der Waals surface area contributed by atoms with Crippen molar-refractivity contribution in [1.82, 2.24) is 19.9 Å². The van der Waals surface area contributed by atoms with E-state index in [4.69, 9.17) is 23.2 Å². The highest BCUT2D eigenvalue weighted by atomic mass is 35.5. The number of benzene rings is 2. The largest absolute Gasteiger partial charge is 0.312 e. The Morgan fingerprint density at radius 2 is 1.85 bits per heavy atom. The quantitative estimate of drug-likeness (QED) is 0.523. The van der Waals surface area contributed by atoms with Gasteiger partial charge < -0.3 is 5.32 Å². The summed E-state index contributed by atoms with van der Waals surface area (Å²) < 4.78 is 1.80. The topological polar surface area (TPSA) is 42.2 Å². The van der Waals surface area contributed by atoms with Crippen LogP contribution in [0.15, 0.2) is 61.1 Å². The van der Waals surface area contributed by atoms with Gasteiger partial charge in [0.15, 0.2) is 5.65 Å². The molecule has 0 amide bonds. The molecular weight excluding hydrogens is 379 g/mol. The number of pyridine rings is 1. The summed E-state index contributed by atoms with van der Waals surface area (Å²) in [4.78, 5) is 4.20. The molecule has 5 rings (SSSR count). The van der Waals surface area contributed by atoms with Crippen molar-refractivity contribution in [2.24, 2.45) is 0 Å². The van der Waals surface area contributed by atoms with Gasteiger partial charge in [-0.05, 0) is 52.6 Å². The van der Waals surface area contributed by atoms with Crippen LogP contribution in [0.3, 0.4) is 0 Å². The molecule has 0 fully saturated rings. The predicted octanol–water partition coefficient (Wildman–Crippen LogP) is 4.94. The molecular formula is C21H16Cl2N4. The van der Waals surface area contributed by atoms with E-state index < -0.39 is 0 Å². The maximum absolute atomic E-state index is 6.24. The van der Waals surface area contributed by atoms with Crippen LogP contribution < -0.4 is 5.32 Å². The van der Waals surface area contributed by atoms with Gasteiger partial charge in [0.05, 0.1) is 10.0 Å². The van der Waals surface area contributed by atoms with E-state index in [0.29, 0.717) is 10.0 Å². The van der Waals surface area contributed by atoms with Crippen molar-refractivity contribution in [3.05, 3.63) is 87.8 Å². The zero-order valence-electron chi connectivity index (χ0n) is 14.4. The number of aromatic nitrogens is 3. The van der Waals surface area contributed by atoms with Crippen molar-refractivity contribution in [3.63, 3.8) is 0 Å². The first-order valence-corrected chi connectivity index (χ1v) is 9.53. The van der Waals surface area contributed by atoms with Crippen LogP contribution >= 0.6 is 23.2 Å². The molecule has 0 saturated carbocycles. The van der Waals surface area contributed by atoms with E-state index in [1.54, 1.807) is 10.8 Å². The zero-order valence-corrected chi connectivity index (χ0v) is 15.9. The molecule has 4 aromatic rings. The van der Waals surface area contributed by atoms with Crippen LogP contribution in [-0.2, 0) is 6.54 Å². The summed E-state index contributed by atoms with van der Waals surface area (Å²) in [6.07, 6.45) is 3.58. The minimum Gasteiger partial charge on any atom is -0.312 e. The lowest BCUT2D eigenvalue weighted by Gasteiger charge is -2.27. The van der Waals surface area contributed by atoms with E-state index in [1.165, 1.54) is 22.3 Å². The Balaban J connectivity index is 1.55. The average molecular weight is 395 g/mol. The molecule has 1 aliphatic rings. The predicted molar refractivity (Wildman–Crippen MR) is 108 cm³/mol. The molecule has 2 aromatic heterocycles. The van der Waals surface area contributed by atoms with Gasteiger partial charge in [-0.15, -0.1) is 0 Å². The number of hydrogen-bond donors (Lipinski definition) is 1. The minimum absolute atomic E-state index is 0.260. The second-order valence-electron chi connectivity index (χ2n) is 6.75. The standard InChI is InChI=1S/C21H16Cl2N4/c22-19-5-2-14(8-20(19)23)18-10-24-9-16-7-13(1-4-17(16)18)15-3-6-21-25-12-26-27(21)11-15/h1-8,11-12,18,24H,9-10H2/t18-/m1/s1. The Labute approximate surface area is 166 Å². The highest BCUT2D eigenvalue weighted by Gasteiger charge is 2.22. The first-order chi connectivity index (χ1) is 13.2. The van der Waals surface area contributed by atoms with Crippen LogP contribution in [0.25, 0.3) is 16.8 Å². The van der Waals surface area contributed by atoms with E-state index in [2.05, 4.69) is 45.7 Å². The fourth-order valence-corrected chi connectivity index (χ4v) is 4.06. The number of nitrogens with one attached hydrogen (secondary N) is 1. The van der Waals surface area contributed by atoms with Crippen LogP contribution in [0.5, 0.6) is 0 Å². The maximum Gasteiger partial charge on any atom is 0.155 e. The summed E-state index contributed by atoms with van der Waals surface area (Å²) in [5.74, 6) is 0.260. The van der Waals surface area contributed by atoms with Gasteiger partial charge in [-0.2, -0.15) is 5.10 Å². The van der Waals surface area contributed by atoms with Crippen LogP contribution in [0, 0.1) is 0 Å².